The quantitative estimate of drug-likeness (QED) is 0.631. The molecule has 0 radical (unpaired) electrons. The Morgan fingerprint density at radius 3 is 2.32 bits per heavy atom. The molecule has 0 aromatic heterocycles. The molecular formula is C12H19N3O3S. The van der Waals surface area contributed by atoms with Gasteiger partial charge in [0.2, 0.25) is 15.9 Å². The van der Waals surface area contributed by atoms with Crippen LogP contribution in [0.1, 0.15) is 13.8 Å². The van der Waals surface area contributed by atoms with Gasteiger partial charge < -0.3 is 11.1 Å². The number of carbonyl (C=O) groups excluding carboxylic acids is 1. The van der Waals surface area contributed by atoms with Crippen molar-refractivity contribution in [1.82, 2.24) is 10.0 Å². The van der Waals surface area contributed by atoms with E-state index in [1.54, 1.807) is 32.0 Å². The lowest BCUT2D eigenvalue weighted by Gasteiger charge is -2.17. The van der Waals surface area contributed by atoms with Gasteiger partial charge in [-0.3, -0.25) is 4.79 Å². The van der Waals surface area contributed by atoms with E-state index in [1.807, 2.05) is 0 Å². The Kier molecular flexibility index (Phi) is 5.04. The number of hydrogen-bond acceptors (Lipinski definition) is 4. The molecule has 0 saturated carbocycles. The van der Waals surface area contributed by atoms with Crippen molar-refractivity contribution in [3.8, 4) is 0 Å². The summed E-state index contributed by atoms with van der Waals surface area (Å²) < 4.78 is 26.0. The van der Waals surface area contributed by atoms with E-state index in [2.05, 4.69) is 10.0 Å². The van der Waals surface area contributed by atoms with Gasteiger partial charge in [0.15, 0.2) is 0 Å². The molecule has 1 aromatic rings. The minimum absolute atomic E-state index is 0.110. The van der Waals surface area contributed by atoms with Gasteiger partial charge in [0.1, 0.15) is 0 Å². The molecule has 1 aromatic carbocycles. The Morgan fingerprint density at radius 2 is 1.79 bits per heavy atom. The average Bonchev–Trinajstić information content (AvgIpc) is 2.34. The average molecular weight is 285 g/mol. The van der Waals surface area contributed by atoms with Crippen LogP contribution in [0.2, 0.25) is 0 Å². The fourth-order valence-electron chi connectivity index (χ4n) is 1.27. The lowest BCUT2D eigenvalue weighted by Crippen LogP contribution is -2.50. The van der Waals surface area contributed by atoms with E-state index in [0.29, 0.717) is 0 Å². The van der Waals surface area contributed by atoms with E-state index in [4.69, 9.17) is 5.73 Å². The molecule has 0 spiro atoms. The number of carbonyl (C=O) groups is 1. The summed E-state index contributed by atoms with van der Waals surface area (Å²) in [6, 6.07) is 8.04. The second-order valence-corrected chi connectivity index (χ2v) is 6.46. The fourth-order valence-corrected chi connectivity index (χ4v) is 2.33. The summed E-state index contributed by atoms with van der Waals surface area (Å²) in [5.41, 5.74) is 4.61. The Labute approximate surface area is 113 Å². The largest absolute Gasteiger partial charge is 0.353 e. The van der Waals surface area contributed by atoms with E-state index in [9.17, 15) is 13.2 Å². The lowest BCUT2D eigenvalue weighted by molar-refractivity contribution is -0.125. The van der Waals surface area contributed by atoms with Crippen LogP contribution in [0.4, 0.5) is 0 Å². The van der Waals surface area contributed by atoms with Crippen molar-refractivity contribution in [2.75, 3.05) is 13.1 Å². The summed E-state index contributed by atoms with van der Waals surface area (Å²) >= 11 is 0. The first-order valence-electron chi connectivity index (χ1n) is 5.85. The van der Waals surface area contributed by atoms with Crippen LogP contribution >= 0.6 is 0 Å². The molecule has 106 valence electrons. The van der Waals surface area contributed by atoms with Crippen molar-refractivity contribution in [2.24, 2.45) is 5.73 Å². The molecule has 7 heteroatoms. The maximum absolute atomic E-state index is 11.8. The van der Waals surface area contributed by atoms with Crippen molar-refractivity contribution < 1.29 is 13.2 Å². The summed E-state index contributed by atoms with van der Waals surface area (Å²) in [7, 11) is -3.53. The Bertz CT molecular complexity index is 521. The second kappa shape index (κ2) is 6.14. The number of hydrogen-bond donors (Lipinski definition) is 3. The highest BCUT2D eigenvalue weighted by atomic mass is 32.2. The van der Waals surface area contributed by atoms with Crippen LogP contribution in [0.15, 0.2) is 35.2 Å². The van der Waals surface area contributed by atoms with E-state index in [-0.39, 0.29) is 23.9 Å². The third-order valence-electron chi connectivity index (χ3n) is 2.34. The molecule has 19 heavy (non-hydrogen) atoms. The third kappa shape index (κ3) is 4.98. The third-order valence-corrected chi connectivity index (χ3v) is 3.82. The number of rotatable bonds is 6. The molecule has 0 fully saturated rings. The summed E-state index contributed by atoms with van der Waals surface area (Å²) in [6.45, 7) is 3.46. The maximum Gasteiger partial charge on any atom is 0.240 e. The van der Waals surface area contributed by atoms with E-state index in [1.165, 1.54) is 12.1 Å². The number of nitrogens with one attached hydrogen (secondary N) is 2. The number of amides is 1. The van der Waals surface area contributed by atoms with Crippen molar-refractivity contribution in [2.45, 2.75) is 24.3 Å². The highest BCUT2D eigenvalue weighted by Crippen LogP contribution is 2.06. The van der Waals surface area contributed by atoms with Crippen molar-refractivity contribution in [3.63, 3.8) is 0 Å². The SMILES string of the molecule is CC(C)(N)C(=O)NCCNS(=O)(=O)c1ccccc1. The van der Waals surface area contributed by atoms with Gasteiger partial charge in [-0.2, -0.15) is 0 Å². The number of benzene rings is 1. The van der Waals surface area contributed by atoms with Crippen LogP contribution in [0.3, 0.4) is 0 Å². The highest BCUT2D eigenvalue weighted by molar-refractivity contribution is 7.89. The Hall–Kier alpha value is -1.44. The predicted octanol–water partition coefficient (Wildman–Crippen LogP) is -0.182. The zero-order chi connectivity index (χ0) is 14.5. The van der Waals surface area contributed by atoms with Crippen molar-refractivity contribution in [3.05, 3.63) is 30.3 Å². The van der Waals surface area contributed by atoms with Crippen LogP contribution in [0.25, 0.3) is 0 Å². The molecule has 0 heterocycles. The lowest BCUT2D eigenvalue weighted by atomic mass is 10.1. The monoisotopic (exact) mass is 285 g/mol. The zero-order valence-electron chi connectivity index (χ0n) is 11.0. The van der Waals surface area contributed by atoms with Gasteiger partial charge in [-0.15, -0.1) is 0 Å². The van der Waals surface area contributed by atoms with Crippen LogP contribution in [-0.4, -0.2) is 33.0 Å². The van der Waals surface area contributed by atoms with Gasteiger partial charge in [-0.05, 0) is 26.0 Å². The molecule has 4 N–H and O–H groups in total. The fraction of sp³-hybridized carbons (Fsp3) is 0.417. The molecule has 0 aliphatic carbocycles. The van der Waals surface area contributed by atoms with Gasteiger partial charge in [-0.25, -0.2) is 13.1 Å². The molecule has 0 unspecified atom stereocenters. The first kappa shape index (κ1) is 15.6. The van der Waals surface area contributed by atoms with Gasteiger partial charge in [-0.1, -0.05) is 18.2 Å². The predicted molar refractivity (Wildman–Crippen MR) is 72.9 cm³/mol. The molecule has 0 atom stereocenters. The minimum Gasteiger partial charge on any atom is -0.353 e. The second-order valence-electron chi connectivity index (χ2n) is 4.69. The Morgan fingerprint density at radius 1 is 1.21 bits per heavy atom. The normalized spacial score (nSPS) is 12.2. The molecule has 1 amide bonds. The van der Waals surface area contributed by atoms with Crippen LogP contribution in [0.5, 0.6) is 0 Å². The maximum atomic E-state index is 11.8. The van der Waals surface area contributed by atoms with Crippen molar-refractivity contribution in [1.29, 1.82) is 0 Å². The first-order chi connectivity index (χ1) is 8.73. The van der Waals surface area contributed by atoms with Crippen LogP contribution in [0, 0.1) is 0 Å². The molecule has 0 aliphatic heterocycles. The van der Waals surface area contributed by atoms with Crippen LogP contribution < -0.4 is 15.8 Å². The summed E-state index contributed by atoms with van der Waals surface area (Å²) in [6.07, 6.45) is 0. The van der Waals surface area contributed by atoms with Gasteiger partial charge in [0, 0.05) is 13.1 Å². The van der Waals surface area contributed by atoms with E-state index < -0.39 is 15.6 Å². The summed E-state index contributed by atoms with van der Waals surface area (Å²) in [4.78, 5) is 11.6. The van der Waals surface area contributed by atoms with Gasteiger partial charge in [0.25, 0.3) is 0 Å². The summed E-state index contributed by atoms with van der Waals surface area (Å²) in [5.74, 6) is -0.327. The van der Waals surface area contributed by atoms with Crippen LogP contribution in [-0.2, 0) is 14.8 Å². The van der Waals surface area contributed by atoms with Crippen molar-refractivity contribution >= 4 is 15.9 Å². The van der Waals surface area contributed by atoms with Gasteiger partial charge >= 0.3 is 0 Å². The molecule has 0 aliphatic rings. The molecular weight excluding hydrogens is 266 g/mol. The minimum atomic E-state index is -3.53. The smallest absolute Gasteiger partial charge is 0.240 e. The standard InChI is InChI=1S/C12H19N3O3S/c1-12(2,13)11(16)14-8-9-15-19(17,18)10-6-4-3-5-7-10/h3-7,15H,8-9,13H2,1-2H3,(H,14,16). The van der Waals surface area contributed by atoms with Gasteiger partial charge in [0.05, 0.1) is 10.4 Å². The highest BCUT2D eigenvalue weighted by Gasteiger charge is 2.21. The Balaban J connectivity index is 2.44. The molecule has 0 saturated heterocycles. The molecule has 6 nitrogen and oxygen atoms in total. The topological polar surface area (TPSA) is 101 Å². The number of nitrogens with two attached hydrogens (primary N) is 1. The van der Waals surface area contributed by atoms with E-state index >= 15 is 0 Å². The van der Waals surface area contributed by atoms with E-state index in [0.717, 1.165) is 0 Å². The zero-order valence-corrected chi connectivity index (χ0v) is 11.8. The molecule has 1 rings (SSSR count). The summed E-state index contributed by atoms with van der Waals surface area (Å²) in [5, 5.41) is 2.56. The first-order valence-corrected chi connectivity index (χ1v) is 7.34. The molecule has 0 bridgehead atoms. The number of sulfonamides is 1.